The van der Waals surface area contributed by atoms with Crippen LogP contribution in [0.25, 0.3) is 0 Å². The minimum atomic E-state index is 0.342. The van der Waals surface area contributed by atoms with Crippen LogP contribution in [-0.4, -0.2) is 31.6 Å². The van der Waals surface area contributed by atoms with Gasteiger partial charge in [0.25, 0.3) is 0 Å². The first-order valence-electron chi connectivity index (χ1n) is 6.23. The third kappa shape index (κ3) is 1.57. The molecule has 1 saturated carbocycles. The minimum Gasteiger partial charge on any atom is -0.330 e. The van der Waals surface area contributed by atoms with Gasteiger partial charge in [-0.3, -0.25) is 0 Å². The van der Waals surface area contributed by atoms with Crippen LogP contribution in [0.15, 0.2) is 24.3 Å². The molecular weight excluding hydrogens is 196 g/mol. The van der Waals surface area contributed by atoms with Crippen LogP contribution in [0.3, 0.4) is 0 Å². The van der Waals surface area contributed by atoms with Crippen molar-refractivity contribution in [2.24, 2.45) is 5.73 Å². The van der Waals surface area contributed by atoms with Crippen LogP contribution in [-0.2, 0) is 5.41 Å². The number of hydrogen-bond acceptors (Lipinski definition) is 2. The van der Waals surface area contributed by atoms with E-state index in [1.807, 2.05) is 0 Å². The van der Waals surface area contributed by atoms with E-state index in [0.29, 0.717) is 5.41 Å². The van der Waals surface area contributed by atoms with Gasteiger partial charge in [0.05, 0.1) is 0 Å². The van der Waals surface area contributed by atoms with E-state index < -0.39 is 0 Å². The summed E-state index contributed by atoms with van der Waals surface area (Å²) in [5.74, 6) is 0.757. The molecule has 0 atom stereocenters. The molecule has 1 aromatic rings. The van der Waals surface area contributed by atoms with Crippen LogP contribution in [0.5, 0.6) is 0 Å². The molecular formula is C14H20N2. The van der Waals surface area contributed by atoms with E-state index in [1.54, 1.807) is 0 Å². The number of likely N-dealkylation sites (N-methyl/N-ethyl adjacent to an activating group) is 1. The number of rotatable bonds is 3. The van der Waals surface area contributed by atoms with Crippen LogP contribution >= 0.6 is 0 Å². The lowest BCUT2D eigenvalue weighted by Crippen LogP contribution is -2.41. The van der Waals surface area contributed by atoms with Gasteiger partial charge < -0.3 is 10.6 Å². The third-order valence-electron chi connectivity index (χ3n) is 4.30. The van der Waals surface area contributed by atoms with E-state index in [9.17, 15) is 0 Å². The molecule has 1 saturated heterocycles. The second kappa shape index (κ2) is 3.57. The molecule has 3 rings (SSSR count). The van der Waals surface area contributed by atoms with Gasteiger partial charge in [-0.15, -0.1) is 0 Å². The van der Waals surface area contributed by atoms with E-state index in [-0.39, 0.29) is 0 Å². The zero-order chi connectivity index (χ0) is 11.2. The highest BCUT2D eigenvalue weighted by Crippen LogP contribution is 2.47. The second-order valence-corrected chi connectivity index (χ2v) is 5.52. The first-order chi connectivity index (χ1) is 7.73. The Hall–Kier alpha value is -0.860. The first-order valence-corrected chi connectivity index (χ1v) is 6.23. The largest absolute Gasteiger partial charge is 0.330 e. The average Bonchev–Trinajstić information content (AvgIpc) is 3.06. The lowest BCUT2D eigenvalue weighted by atomic mass is 9.89. The molecule has 0 aromatic heterocycles. The highest BCUT2D eigenvalue weighted by Gasteiger charge is 2.42. The standard InChI is InChI=1S/C14H20N2/c1-16-8-12(9-16)11-2-4-13(5-3-11)14(10-15)6-7-14/h2-5,12H,6-10,15H2,1H3. The van der Waals surface area contributed by atoms with Gasteiger partial charge in [-0.2, -0.15) is 0 Å². The predicted octanol–water partition coefficient (Wildman–Crippen LogP) is 1.71. The fourth-order valence-electron chi connectivity index (χ4n) is 2.78. The van der Waals surface area contributed by atoms with Gasteiger partial charge in [-0.25, -0.2) is 0 Å². The van der Waals surface area contributed by atoms with Crippen molar-refractivity contribution in [3.05, 3.63) is 35.4 Å². The number of nitrogens with two attached hydrogens (primary N) is 1. The maximum Gasteiger partial charge on any atom is 0.00933 e. The van der Waals surface area contributed by atoms with E-state index in [2.05, 4.69) is 36.2 Å². The molecule has 0 unspecified atom stereocenters. The molecule has 2 aliphatic rings. The van der Waals surface area contributed by atoms with Crippen LogP contribution in [0.4, 0.5) is 0 Å². The third-order valence-corrected chi connectivity index (χ3v) is 4.30. The van der Waals surface area contributed by atoms with Crippen molar-refractivity contribution < 1.29 is 0 Å². The number of nitrogens with zero attached hydrogens (tertiary/aromatic N) is 1. The molecule has 0 radical (unpaired) electrons. The highest BCUT2D eigenvalue weighted by molar-refractivity contribution is 5.36. The van der Waals surface area contributed by atoms with Crippen molar-refractivity contribution in [3.63, 3.8) is 0 Å². The van der Waals surface area contributed by atoms with Gasteiger partial charge in [0.15, 0.2) is 0 Å². The zero-order valence-corrected chi connectivity index (χ0v) is 9.95. The van der Waals surface area contributed by atoms with Crippen LogP contribution in [0.2, 0.25) is 0 Å². The molecule has 2 nitrogen and oxygen atoms in total. The number of hydrogen-bond donors (Lipinski definition) is 1. The zero-order valence-electron chi connectivity index (χ0n) is 9.95. The SMILES string of the molecule is CN1CC(c2ccc(C3(CN)CC3)cc2)C1. The van der Waals surface area contributed by atoms with Crippen molar-refractivity contribution in [2.75, 3.05) is 26.7 Å². The van der Waals surface area contributed by atoms with E-state index in [4.69, 9.17) is 5.73 Å². The van der Waals surface area contributed by atoms with Crippen LogP contribution in [0, 0.1) is 0 Å². The lowest BCUT2D eigenvalue weighted by molar-refractivity contribution is 0.190. The highest BCUT2D eigenvalue weighted by atomic mass is 15.2. The summed E-state index contributed by atoms with van der Waals surface area (Å²) in [6.45, 7) is 3.22. The maximum atomic E-state index is 5.85. The van der Waals surface area contributed by atoms with Gasteiger partial charge in [0.1, 0.15) is 0 Å². The van der Waals surface area contributed by atoms with Crippen LogP contribution < -0.4 is 5.73 Å². The summed E-state index contributed by atoms with van der Waals surface area (Å²) in [4.78, 5) is 2.36. The summed E-state index contributed by atoms with van der Waals surface area (Å²) in [6.07, 6.45) is 2.55. The Balaban J connectivity index is 1.75. The van der Waals surface area contributed by atoms with Gasteiger partial charge in [-0.05, 0) is 31.0 Å². The second-order valence-electron chi connectivity index (χ2n) is 5.52. The van der Waals surface area contributed by atoms with Gasteiger partial charge in [0, 0.05) is 31.0 Å². The molecule has 1 aromatic carbocycles. The molecule has 1 aliphatic heterocycles. The van der Waals surface area contributed by atoms with E-state index >= 15 is 0 Å². The summed E-state index contributed by atoms with van der Waals surface area (Å²) in [5.41, 5.74) is 9.14. The predicted molar refractivity (Wildman–Crippen MR) is 66.6 cm³/mol. The van der Waals surface area contributed by atoms with Crippen molar-refractivity contribution in [1.29, 1.82) is 0 Å². The summed E-state index contributed by atoms with van der Waals surface area (Å²) in [6, 6.07) is 9.21. The molecule has 16 heavy (non-hydrogen) atoms. The summed E-state index contributed by atoms with van der Waals surface area (Å²) < 4.78 is 0. The fraction of sp³-hybridized carbons (Fsp3) is 0.571. The Morgan fingerprint density at radius 3 is 2.31 bits per heavy atom. The Labute approximate surface area is 97.4 Å². The molecule has 86 valence electrons. The monoisotopic (exact) mass is 216 g/mol. The molecule has 2 N–H and O–H groups in total. The van der Waals surface area contributed by atoms with Crippen LogP contribution in [0.1, 0.15) is 29.9 Å². The Morgan fingerprint density at radius 1 is 1.25 bits per heavy atom. The quantitative estimate of drug-likeness (QED) is 0.833. The Morgan fingerprint density at radius 2 is 1.88 bits per heavy atom. The van der Waals surface area contributed by atoms with Gasteiger partial charge in [-0.1, -0.05) is 24.3 Å². The molecule has 2 heteroatoms. The van der Waals surface area contributed by atoms with E-state index in [1.165, 1.54) is 37.1 Å². The molecule has 0 spiro atoms. The van der Waals surface area contributed by atoms with Gasteiger partial charge >= 0.3 is 0 Å². The summed E-state index contributed by atoms with van der Waals surface area (Å²) in [5, 5.41) is 0. The molecule has 0 bridgehead atoms. The van der Waals surface area contributed by atoms with Crippen molar-refractivity contribution in [3.8, 4) is 0 Å². The number of likely N-dealkylation sites (tertiary alicyclic amines) is 1. The normalized spacial score (nSPS) is 24.1. The molecule has 0 amide bonds. The van der Waals surface area contributed by atoms with Gasteiger partial charge in [0.2, 0.25) is 0 Å². The van der Waals surface area contributed by atoms with E-state index in [0.717, 1.165) is 12.5 Å². The molecule has 1 aliphatic carbocycles. The summed E-state index contributed by atoms with van der Waals surface area (Å²) in [7, 11) is 2.18. The molecule has 2 fully saturated rings. The Kier molecular flexibility index (Phi) is 2.30. The average molecular weight is 216 g/mol. The minimum absolute atomic E-state index is 0.342. The summed E-state index contributed by atoms with van der Waals surface area (Å²) >= 11 is 0. The lowest BCUT2D eigenvalue weighted by Gasteiger charge is -2.36. The van der Waals surface area contributed by atoms with Crippen molar-refractivity contribution >= 4 is 0 Å². The first kappa shape index (κ1) is 10.3. The topological polar surface area (TPSA) is 29.3 Å². The number of benzene rings is 1. The van der Waals surface area contributed by atoms with Crippen molar-refractivity contribution in [1.82, 2.24) is 4.90 Å². The van der Waals surface area contributed by atoms with Crippen molar-refractivity contribution in [2.45, 2.75) is 24.2 Å². The maximum absolute atomic E-state index is 5.85. The molecule has 1 heterocycles. The smallest absolute Gasteiger partial charge is 0.00933 e. The fourth-order valence-corrected chi connectivity index (χ4v) is 2.78. The Bertz CT molecular complexity index is 372.